The van der Waals surface area contributed by atoms with E-state index in [1.165, 1.54) is 24.4 Å². The lowest BCUT2D eigenvalue weighted by molar-refractivity contribution is 0.601. The number of nitriles is 2. The number of hydrogen-bond donors (Lipinski definition) is 3. The smallest absolute Gasteiger partial charge is 0.264 e. The molecule has 154 valence electrons. The topological polar surface area (TPSA) is 156 Å². The molecule has 3 N–H and O–H groups in total. The van der Waals surface area contributed by atoms with E-state index >= 15 is 0 Å². The Hall–Kier alpha value is -4.19. The molecular weight excluding hydrogens is 440 g/mol. The van der Waals surface area contributed by atoms with Crippen LogP contribution in [0.5, 0.6) is 0 Å². The average molecular weight is 453 g/mol. The predicted molar refractivity (Wildman–Crippen MR) is 115 cm³/mol. The lowest BCUT2D eigenvalue weighted by Crippen LogP contribution is -2.16. The monoisotopic (exact) mass is 452 g/mol. The molecule has 0 atom stereocenters. The normalized spacial score (nSPS) is 10.3. The summed E-state index contributed by atoms with van der Waals surface area (Å²) in [4.78, 5) is 11.7. The van der Waals surface area contributed by atoms with Gasteiger partial charge in [0.1, 0.15) is 17.7 Å². The Balaban J connectivity index is 1.82. The number of nitrogens with zero attached hydrogens (tertiary/aromatic N) is 5. The summed E-state index contributed by atoms with van der Waals surface area (Å²) in [5.41, 5.74) is 0.871. The van der Waals surface area contributed by atoms with Crippen LogP contribution in [-0.2, 0) is 10.0 Å². The third-order valence-corrected chi connectivity index (χ3v) is 5.13. The average Bonchev–Trinajstić information content (AvgIpc) is 2.75. The number of hydrogen-bond acceptors (Lipinski definition) is 9. The number of allylic oxidation sites excluding steroid dienone is 1. The number of sulfonamides is 1. The highest BCUT2D eigenvalue weighted by atomic mass is 35.5. The first-order valence-corrected chi connectivity index (χ1v) is 10.4. The predicted octanol–water partition coefficient (Wildman–Crippen LogP) is 3.41. The molecule has 0 bridgehead atoms. The summed E-state index contributed by atoms with van der Waals surface area (Å²) in [7, 11) is -4.07. The van der Waals surface area contributed by atoms with Gasteiger partial charge in [0.2, 0.25) is 17.2 Å². The zero-order chi connectivity index (χ0) is 22.3. The molecule has 0 unspecified atom stereocenters. The zero-order valence-corrected chi connectivity index (χ0v) is 17.2. The van der Waals surface area contributed by atoms with Crippen LogP contribution >= 0.6 is 11.6 Å². The Bertz CT molecular complexity index is 1300. The molecular formula is C19H13ClN8O2S. The van der Waals surface area contributed by atoms with Gasteiger partial charge in [-0.2, -0.15) is 25.5 Å². The number of halogens is 1. The second-order valence-electron chi connectivity index (χ2n) is 5.80. The van der Waals surface area contributed by atoms with Gasteiger partial charge in [-0.1, -0.05) is 24.3 Å². The standard InChI is InChI=1S/C19H13ClN8O2S/c20-17-25-18(24-14-5-2-1-3-6-14)27-19(26-17)28-31(29,30)16-8-4-7-15(9-16)23-12-13(10-21)11-22/h1-9,12,23H,(H2,24,25,26,27,28). The molecule has 10 nitrogen and oxygen atoms in total. The van der Waals surface area contributed by atoms with Crippen molar-refractivity contribution in [2.24, 2.45) is 0 Å². The number of para-hydroxylation sites is 1. The third kappa shape index (κ3) is 5.90. The second kappa shape index (κ2) is 9.54. The first kappa shape index (κ1) is 21.5. The highest BCUT2D eigenvalue weighted by Crippen LogP contribution is 2.20. The maximum absolute atomic E-state index is 12.8. The molecule has 3 aromatic rings. The third-order valence-electron chi connectivity index (χ3n) is 3.63. The van der Waals surface area contributed by atoms with Crippen molar-refractivity contribution in [2.75, 3.05) is 15.4 Å². The molecule has 0 fully saturated rings. The molecule has 1 heterocycles. The summed E-state index contributed by atoms with van der Waals surface area (Å²) in [6, 6.07) is 18.1. The first-order valence-electron chi connectivity index (χ1n) is 8.53. The van der Waals surface area contributed by atoms with E-state index in [-0.39, 0.29) is 27.6 Å². The van der Waals surface area contributed by atoms with Gasteiger partial charge in [0.15, 0.2) is 0 Å². The highest BCUT2D eigenvalue weighted by molar-refractivity contribution is 7.92. The lowest BCUT2D eigenvalue weighted by atomic mass is 10.3. The van der Waals surface area contributed by atoms with Crippen molar-refractivity contribution >= 4 is 44.9 Å². The number of anilines is 4. The minimum absolute atomic E-state index is 0.0602. The van der Waals surface area contributed by atoms with Crippen LogP contribution in [-0.4, -0.2) is 23.4 Å². The van der Waals surface area contributed by atoms with Crippen LogP contribution in [0.2, 0.25) is 5.28 Å². The number of aromatic nitrogens is 3. The fourth-order valence-corrected chi connectivity index (χ4v) is 3.43. The Morgan fingerprint density at radius 3 is 2.32 bits per heavy atom. The van der Waals surface area contributed by atoms with Crippen molar-refractivity contribution in [2.45, 2.75) is 4.90 Å². The molecule has 0 aliphatic heterocycles. The first-order chi connectivity index (χ1) is 14.9. The van der Waals surface area contributed by atoms with Crippen LogP contribution in [0.4, 0.5) is 23.3 Å². The Morgan fingerprint density at radius 1 is 0.935 bits per heavy atom. The van der Waals surface area contributed by atoms with E-state index in [1.807, 2.05) is 6.07 Å². The maximum Gasteiger partial charge on any atom is 0.264 e. The number of rotatable bonds is 7. The van der Waals surface area contributed by atoms with Gasteiger partial charge in [0.05, 0.1) is 4.90 Å². The molecule has 1 aromatic heterocycles. The van der Waals surface area contributed by atoms with Crippen LogP contribution < -0.4 is 15.4 Å². The Morgan fingerprint density at radius 2 is 1.61 bits per heavy atom. The van der Waals surface area contributed by atoms with Crippen LogP contribution in [0.1, 0.15) is 0 Å². The van der Waals surface area contributed by atoms with Crippen molar-refractivity contribution in [1.82, 2.24) is 15.0 Å². The molecule has 12 heteroatoms. The van der Waals surface area contributed by atoms with Gasteiger partial charge in [-0.05, 0) is 41.9 Å². The minimum Gasteiger partial charge on any atom is -0.360 e. The van der Waals surface area contributed by atoms with Crippen LogP contribution in [0.3, 0.4) is 0 Å². The SMILES string of the molecule is N#CC(C#N)=CNc1cccc(S(=O)(=O)Nc2nc(Cl)nc(Nc3ccccc3)n2)c1. The molecule has 0 saturated carbocycles. The molecule has 0 amide bonds. The Labute approximate surface area is 182 Å². The Kier molecular flexibility index (Phi) is 6.62. The maximum atomic E-state index is 12.8. The summed E-state index contributed by atoms with van der Waals surface area (Å²) >= 11 is 5.91. The van der Waals surface area contributed by atoms with E-state index < -0.39 is 10.0 Å². The molecule has 0 aliphatic carbocycles. The quantitative estimate of drug-likeness (QED) is 0.457. The summed E-state index contributed by atoms with van der Waals surface area (Å²) < 4.78 is 27.8. The number of nitrogens with one attached hydrogen (secondary N) is 3. The molecule has 0 aliphatic rings. The fourth-order valence-electron chi connectivity index (χ4n) is 2.28. The lowest BCUT2D eigenvalue weighted by Gasteiger charge is -2.10. The van der Waals surface area contributed by atoms with E-state index in [4.69, 9.17) is 22.1 Å². The van der Waals surface area contributed by atoms with Crippen LogP contribution in [0.15, 0.2) is 71.3 Å². The van der Waals surface area contributed by atoms with E-state index in [0.29, 0.717) is 11.4 Å². The summed E-state index contributed by atoms with van der Waals surface area (Å²) in [6.45, 7) is 0. The molecule has 3 rings (SSSR count). The van der Waals surface area contributed by atoms with Gasteiger partial charge in [-0.15, -0.1) is 0 Å². The second-order valence-corrected chi connectivity index (χ2v) is 7.82. The summed E-state index contributed by atoms with van der Waals surface area (Å²) in [6.07, 6.45) is 1.17. The van der Waals surface area contributed by atoms with E-state index in [2.05, 4.69) is 30.3 Å². The molecule has 31 heavy (non-hydrogen) atoms. The molecule has 0 radical (unpaired) electrons. The van der Waals surface area contributed by atoms with Gasteiger partial charge >= 0.3 is 0 Å². The summed E-state index contributed by atoms with van der Waals surface area (Å²) in [5.74, 6) is -0.210. The van der Waals surface area contributed by atoms with E-state index in [9.17, 15) is 8.42 Å². The van der Waals surface area contributed by atoms with Gasteiger partial charge in [-0.3, -0.25) is 0 Å². The highest BCUT2D eigenvalue weighted by Gasteiger charge is 2.17. The zero-order valence-electron chi connectivity index (χ0n) is 15.6. The van der Waals surface area contributed by atoms with Gasteiger partial charge in [0.25, 0.3) is 10.0 Å². The number of benzene rings is 2. The van der Waals surface area contributed by atoms with Crippen molar-refractivity contribution in [3.63, 3.8) is 0 Å². The molecule has 0 spiro atoms. The summed E-state index contributed by atoms with van der Waals surface area (Å²) in [5, 5.41) is 22.9. The molecule has 0 saturated heterocycles. The van der Waals surface area contributed by atoms with Crippen molar-refractivity contribution in [1.29, 1.82) is 10.5 Å². The largest absolute Gasteiger partial charge is 0.360 e. The van der Waals surface area contributed by atoms with Gasteiger partial charge in [0, 0.05) is 17.6 Å². The van der Waals surface area contributed by atoms with Crippen molar-refractivity contribution in [3.05, 3.63) is 71.7 Å². The van der Waals surface area contributed by atoms with Gasteiger partial charge < -0.3 is 10.6 Å². The van der Waals surface area contributed by atoms with Crippen LogP contribution in [0, 0.1) is 22.7 Å². The van der Waals surface area contributed by atoms with E-state index in [1.54, 1.807) is 42.5 Å². The van der Waals surface area contributed by atoms with Gasteiger partial charge in [-0.25, -0.2) is 13.1 Å². The van der Waals surface area contributed by atoms with Crippen LogP contribution in [0.25, 0.3) is 0 Å². The minimum atomic E-state index is -4.07. The molecule has 2 aromatic carbocycles. The fraction of sp³-hybridized carbons (Fsp3) is 0. The van der Waals surface area contributed by atoms with Crippen molar-refractivity contribution in [3.8, 4) is 12.1 Å². The van der Waals surface area contributed by atoms with E-state index in [0.717, 1.165) is 0 Å². The van der Waals surface area contributed by atoms with Crippen molar-refractivity contribution < 1.29 is 8.42 Å².